The minimum absolute atomic E-state index is 0.342. The quantitative estimate of drug-likeness (QED) is 0.568. The van der Waals surface area contributed by atoms with Crippen LogP contribution < -0.4 is 5.73 Å². The van der Waals surface area contributed by atoms with Gasteiger partial charge in [0.15, 0.2) is 17.5 Å². The van der Waals surface area contributed by atoms with E-state index in [1.807, 2.05) is 0 Å². The first-order valence-corrected chi connectivity index (χ1v) is 4.35. The molecule has 2 N–H and O–H groups in total. The molecule has 0 saturated carbocycles. The van der Waals surface area contributed by atoms with E-state index in [2.05, 4.69) is 9.72 Å². The zero-order valence-electron chi connectivity index (χ0n) is 6.89. The zero-order valence-corrected chi connectivity index (χ0v) is 7.71. The molecule has 1 heterocycles. The first-order valence-electron chi connectivity index (χ1n) is 3.47. The number of aromatic nitrogens is 1. The molecule has 0 amide bonds. The maximum absolute atomic E-state index is 10.6. The largest absolute Gasteiger partial charge is 0.448 e. The summed E-state index contributed by atoms with van der Waals surface area (Å²) in [6.07, 6.45) is -0.429. The molecule has 13 heavy (non-hydrogen) atoms. The van der Waals surface area contributed by atoms with E-state index in [1.165, 1.54) is 18.3 Å². The first-order chi connectivity index (χ1) is 6.13. The highest BCUT2D eigenvalue weighted by Crippen LogP contribution is 2.19. The van der Waals surface area contributed by atoms with E-state index in [4.69, 9.17) is 5.73 Å². The van der Waals surface area contributed by atoms with Gasteiger partial charge in [0.2, 0.25) is 0 Å². The summed E-state index contributed by atoms with van der Waals surface area (Å²) in [5, 5.41) is 1.92. The van der Waals surface area contributed by atoms with Gasteiger partial charge in [-0.2, -0.15) is 0 Å². The van der Waals surface area contributed by atoms with Crippen LogP contribution in [0.5, 0.6) is 0 Å². The zero-order chi connectivity index (χ0) is 9.84. The molecule has 0 saturated heterocycles. The molecule has 0 spiro atoms. The number of carbonyl (C=O) groups excluding carboxylic acids is 2. The van der Waals surface area contributed by atoms with Crippen LogP contribution in [0.3, 0.4) is 0 Å². The highest BCUT2D eigenvalue weighted by molar-refractivity contribution is 7.13. The number of rotatable bonds is 3. The molecule has 0 radical (unpaired) electrons. The van der Waals surface area contributed by atoms with Gasteiger partial charge in [0.1, 0.15) is 5.69 Å². The minimum Gasteiger partial charge on any atom is -0.448 e. The third kappa shape index (κ3) is 2.51. The number of carbonyl (C=O) groups is 2. The number of nitrogens with two attached hydrogens (primary N) is 1. The molecule has 6 heteroatoms. The molecule has 1 rings (SSSR count). The van der Waals surface area contributed by atoms with Crippen molar-refractivity contribution in [2.45, 2.75) is 13.0 Å². The topological polar surface area (TPSA) is 82.3 Å². The summed E-state index contributed by atoms with van der Waals surface area (Å²) in [5.41, 5.74) is 5.72. The van der Waals surface area contributed by atoms with Crippen LogP contribution in [0.25, 0.3) is 0 Å². The maximum Gasteiger partial charge on any atom is 0.303 e. The van der Waals surface area contributed by atoms with E-state index in [-0.39, 0.29) is 0 Å². The summed E-state index contributed by atoms with van der Waals surface area (Å²) in [6.45, 7) is 1.23. The number of thiazole rings is 1. The average molecular weight is 200 g/mol. The van der Waals surface area contributed by atoms with Gasteiger partial charge in [-0.05, 0) is 0 Å². The molecule has 70 valence electrons. The Hall–Kier alpha value is -1.43. The molecular formula is C7H8N2O3S. The third-order valence-electron chi connectivity index (χ3n) is 1.25. The van der Waals surface area contributed by atoms with Crippen molar-refractivity contribution in [2.75, 3.05) is 5.73 Å². The van der Waals surface area contributed by atoms with Crippen LogP contribution in [0.2, 0.25) is 0 Å². The predicted octanol–water partition coefficient (Wildman–Crippen LogP) is 0.528. The molecule has 1 aromatic heterocycles. The highest BCUT2D eigenvalue weighted by Gasteiger charge is 2.16. The van der Waals surface area contributed by atoms with Gasteiger partial charge in [-0.1, -0.05) is 0 Å². The van der Waals surface area contributed by atoms with Crippen molar-refractivity contribution in [3.05, 3.63) is 11.1 Å². The number of hydrogen-bond donors (Lipinski definition) is 1. The standard InChI is InChI=1S/C7H8N2O3S/c1-4(11)12-6(2-10)5-3-13-7(8)9-5/h2-3,6H,1H3,(H2,8,9). The Morgan fingerprint density at radius 2 is 2.54 bits per heavy atom. The Kier molecular flexibility index (Phi) is 2.97. The molecule has 0 aromatic carbocycles. The van der Waals surface area contributed by atoms with Crippen molar-refractivity contribution in [1.82, 2.24) is 4.98 Å². The number of hydrogen-bond acceptors (Lipinski definition) is 6. The Morgan fingerprint density at radius 1 is 1.85 bits per heavy atom. The predicted molar refractivity (Wildman–Crippen MR) is 47.1 cm³/mol. The molecule has 0 aliphatic heterocycles. The number of anilines is 1. The van der Waals surface area contributed by atoms with Crippen LogP contribution in [0.1, 0.15) is 18.7 Å². The van der Waals surface area contributed by atoms with Gasteiger partial charge in [0.25, 0.3) is 0 Å². The molecule has 0 bridgehead atoms. The van der Waals surface area contributed by atoms with E-state index in [1.54, 1.807) is 5.38 Å². The molecular weight excluding hydrogens is 192 g/mol. The average Bonchev–Trinajstić information content (AvgIpc) is 2.47. The second-order valence-electron chi connectivity index (χ2n) is 2.28. The monoisotopic (exact) mass is 200 g/mol. The van der Waals surface area contributed by atoms with Gasteiger partial charge in [-0.3, -0.25) is 9.59 Å². The lowest BCUT2D eigenvalue weighted by Crippen LogP contribution is -2.10. The van der Waals surface area contributed by atoms with Gasteiger partial charge in [0.05, 0.1) is 0 Å². The molecule has 1 aromatic rings. The van der Waals surface area contributed by atoms with Crippen LogP contribution >= 0.6 is 11.3 Å². The fourth-order valence-corrected chi connectivity index (χ4v) is 1.35. The van der Waals surface area contributed by atoms with Gasteiger partial charge in [-0.15, -0.1) is 11.3 Å². The molecule has 0 fully saturated rings. The van der Waals surface area contributed by atoms with Crippen LogP contribution in [-0.2, 0) is 14.3 Å². The van der Waals surface area contributed by atoms with Crippen molar-refractivity contribution in [2.24, 2.45) is 0 Å². The smallest absolute Gasteiger partial charge is 0.303 e. The molecule has 0 aliphatic rings. The summed E-state index contributed by atoms with van der Waals surface area (Å²) < 4.78 is 4.68. The lowest BCUT2D eigenvalue weighted by molar-refractivity contribution is -0.149. The Morgan fingerprint density at radius 3 is 2.92 bits per heavy atom. The summed E-state index contributed by atoms with van der Waals surface area (Å²) in [5.74, 6) is -0.524. The van der Waals surface area contributed by atoms with Crippen molar-refractivity contribution >= 4 is 28.7 Å². The Labute approximate surface area is 78.5 Å². The third-order valence-corrected chi connectivity index (χ3v) is 1.94. The number of esters is 1. The maximum atomic E-state index is 10.6. The molecule has 1 atom stereocenters. The van der Waals surface area contributed by atoms with Crippen LogP contribution in [0.15, 0.2) is 5.38 Å². The van der Waals surface area contributed by atoms with Gasteiger partial charge in [-0.25, -0.2) is 4.98 Å². The van der Waals surface area contributed by atoms with Gasteiger partial charge < -0.3 is 10.5 Å². The first kappa shape index (κ1) is 9.66. The van der Waals surface area contributed by atoms with Crippen LogP contribution in [-0.4, -0.2) is 17.2 Å². The SMILES string of the molecule is CC(=O)OC(C=O)c1csc(N)n1. The van der Waals surface area contributed by atoms with Crippen molar-refractivity contribution in [3.63, 3.8) is 0 Å². The fourth-order valence-electron chi connectivity index (χ4n) is 0.768. The van der Waals surface area contributed by atoms with Crippen molar-refractivity contribution < 1.29 is 14.3 Å². The fraction of sp³-hybridized carbons (Fsp3) is 0.286. The van der Waals surface area contributed by atoms with E-state index < -0.39 is 12.1 Å². The van der Waals surface area contributed by atoms with E-state index in [0.29, 0.717) is 17.1 Å². The Balaban J connectivity index is 2.78. The number of aldehydes is 1. The van der Waals surface area contributed by atoms with Crippen molar-refractivity contribution in [1.29, 1.82) is 0 Å². The van der Waals surface area contributed by atoms with E-state index >= 15 is 0 Å². The summed E-state index contributed by atoms with van der Waals surface area (Å²) in [6, 6.07) is 0. The normalized spacial score (nSPS) is 12.1. The van der Waals surface area contributed by atoms with Gasteiger partial charge in [0, 0.05) is 12.3 Å². The Bertz CT molecular complexity index is 323. The van der Waals surface area contributed by atoms with E-state index in [9.17, 15) is 9.59 Å². The number of nitrogens with zero attached hydrogens (tertiary/aromatic N) is 1. The second kappa shape index (κ2) is 3.99. The number of ether oxygens (including phenoxy) is 1. The summed E-state index contributed by atoms with van der Waals surface area (Å²) in [7, 11) is 0. The second-order valence-corrected chi connectivity index (χ2v) is 3.17. The van der Waals surface area contributed by atoms with Crippen molar-refractivity contribution in [3.8, 4) is 0 Å². The van der Waals surface area contributed by atoms with E-state index in [0.717, 1.165) is 0 Å². The van der Waals surface area contributed by atoms with Crippen LogP contribution in [0.4, 0.5) is 5.13 Å². The molecule has 1 unspecified atom stereocenters. The highest BCUT2D eigenvalue weighted by atomic mass is 32.1. The molecule has 5 nitrogen and oxygen atoms in total. The summed E-state index contributed by atoms with van der Waals surface area (Å²) >= 11 is 1.19. The molecule has 0 aliphatic carbocycles. The van der Waals surface area contributed by atoms with Gasteiger partial charge >= 0.3 is 5.97 Å². The summed E-state index contributed by atoms with van der Waals surface area (Å²) in [4.78, 5) is 24.9. The minimum atomic E-state index is -0.939. The number of nitrogen functional groups attached to an aromatic ring is 1. The lowest BCUT2D eigenvalue weighted by atomic mass is 10.3. The lowest BCUT2D eigenvalue weighted by Gasteiger charge is -2.06. The van der Waals surface area contributed by atoms with Crippen LogP contribution in [0, 0.1) is 0 Å².